The van der Waals surface area contributed by atoms with E-state index < -0.39 is 11.7 Å². The van der Waals surface area contributed by atoms with E-state index in [2.05, 4.69) is 10.2 Å². The van der Waals surface area contributed by atoms with Crippen molar-refractivity contribution in [2.45, 2.75) is 13.1 Å². The molecule has 2 aromatic rings. The molecule has 0 N–H and O–H groups in total. The average Bonchev–Trinajstić information content (AvgIpc) is 2.45. The molecule has 3 nitrogen and oxygen atoms in total. The van der Waals surface area contributed by atoms with E-state index in [4.69, 9.17) is 11.6 Å². The summed E-state index contributed by atoms with van der Waals surface area (Å²) in [5.41, 5.74) is -1.11. The topological polar surface area (TPSA) is 30.2 Å². The average molecular weight is 236 g/mol. The lowest BCUT2D eigenvalue weighted by Gasteiger charge is -2.08. The first-order chi connectivity index (χ1) is 6.89. The molecular formula is C8H5ClF3N3. The van der Waals surface area contributed by atoms with Gasteiger partial charge in [-0.15, -0.1) is 10.2 Å². The van der Waals surface area contributed by atoms with E-state index in [1.54, 1.807) is 6.92 Å². The van der Waals surface area contributed by atoms with Crippen molar-refractivity contribution in [1.29, 1.82) is 0 Å². The molecule has 0 aliphatic rings. The first-order valence-corrected chi connectivity index (χ1v) is 4.35. The van der Waals surface area contributed by atoms with Gasteiger partial charge in [-0.05, 0) is 13.0 Å². The highest BCUT2D eigenvalue weighted by Gasteiger charge is 2.34. The quantitative estimate of drug-likeness (QED) is 0.703. The summed E-state index contributed by atoms with van der Waals surface area (Å²) in [7, 11) is 0. The molecule has 2 rings (SSSR count). The zero-order chi connectivity index (χ0) is 11.2. The van der Waals surface area contributed by atoms with Crippen molar-refractivity contribution in [3.05, 3.63) is 28.7 Å². The molecule has 0 atom stereocenters. The van der Waals surface area contributed by atoms with Crippen LogP contribution in [0.25, 0.3) is 5.65 Å². The van der Waals surface area contributed by atoms with Crippen molar-refractivity contribution in [2.75, 3.05) is 0 Å². The van der Waals surface area contributed by atoms with Gasteiger partial charge in [-0.3, -0.25) is 4.40 Å². The van der Waals surface area contributed by atoms with Crippen molar-refractivity contribution in [1.82, 2.24) is 14.6 Å². The lowest BCUT2D eigenvalue weighted by molar-refractivity contribution is -0.136. The maximum absolute atomic E-state index is 12.6. The van der Waals surface area contributed by atoms with E-state index in [-0.39, 0.29) is 10.7 Å². The number of nitrogens with zero attached hydrogens (tertiary/aromatic N) is 3. The molecule has 2 heterocycles. The van der Waals surface area contributed by atoms with Gasteiger partial charge in [0.1, 0.15) is 11.4 Å². The number of rotatable bonds is 0. The second-order valence-electron chi connectivity index (χ2n) is 3.01. The van der Waals surface area contributed by atoms with Gasteiger partial charge < -0.3 is 0 Å². The van der Waals surface area contributed by atoms with E-state index in [1.165, 1.54) is 10.6 Å². The van der Waals surface area contributed by atoms with Gasteiger partial charge >= 0.3 is 6.18 Å². The normalized spacial score (nSPS) is 12.3. The Hall–Kier alpha value is -1.30. The molecule has 0 amide bonds. The monoisotopic (exact) mass is 235 g/mol. The summed E-state index contributed by atoms with van der Waals surface area (Å²) in [6, 6.07) is 0.838. The molecule has 0 aliphatic carbocycles. The molecular weight excluding hydrogens is 231 g/mol. The van der Waals surface area contributed by atoms with Crippen molar-refractivity contribution in [3.63, 3.8) is 0 Å². The third kappa shape index (κ3) is 1.65. The summed E-state index contributed by atoms with van der Waals surface area (Å²) in [6.07, 6.45) is -3.13. The predicted molar refractivity (Wildman–Crippen MR) is 47.7 cm³/mol. The molecule has 0 fully saturated rings. The third-order valence-electron chi connectivity index (χ3n) is 1.95. The Morgan fingerprint density at radius 2 is 2.00 bits per heavy atom. The van der Waals surface area contributed by atoms with Crippen molar-refractivity contribution >= 4 is 17.2 Å². The number of fused-ring (bicyclic) bond motifs is 1. The van der Waals surface area contributed by atoms with E-state index in [0.717, 1.165) is 6.07 Å². The Bertz CT molecular complexity index is 518. The predicted octanol–water partition coefficient (Wildman–Crippen LogP) is 2.71. The van der Waals surface area contributed by atoms with Crippen LogP contribution in [-0.4, -0.2) is 14.6 Å². The number of hydrogen-bond donors (Lipinski definition) is 0. The Morgan fingerprint density at radius 1 is 1.33 bits per heavy atom. The molecule has 0 spiro atoms. The number of aryl methyl sites for hydroxylation is 1. The molecule has 80 valence electrons. The Balaban J connectivity index is 2.84. The van der Waals surface area contributed by atoms with Crippen molar-refractivity contribution in [2.24, 2.45) is 0 Å². The molecule has 0 unspecified atom stereocenters. The van der Waals surface area contributed by atoms with Crippen LogP contribution < -0.4 is 0 Å². The highest BCUT2D eigenvalue weighted by molar-refractivity contribution is 6.30. The van der Waals surface area contributed by atoms with Crippen LogP contribution in [-0.2, 0) is 6.18 Å². The number of aromatic nitrogens is 3. The Kier molecular flexibility index (Phi) is 2.11. The first kappa shape index (κ1) is 10.2. The maximum atomic E-state index is 12.6. The first-order valence-electron chi connectivity index (χ1n) is 3.97. The molecule has 0 bridgehead atoms. The maximum Gasteiger partial charge on any atom is 0.420 e. The van der Waals surface area contributed by atoms with E-state index in [0.29, 0.717) is 5.82 Å². The molecule has 0 aliphatic heterocycles. The number of pyridine rings is 1. The highest BCUT2D eigenvalue weighted by atomic mass is 35.5. The van der Waals surface area contributed by atoms with Gasteiger partial charge in [0, 0.05) is 6.20 Å². The summed E-state index contributed by atoms with van der Waals surface area (Å²) < 4.78 is 38.9. The van der Waals surface area contributed by atoms with Crippen LogP contribution >= 0.6 is 11.6 Å². The van der Waals surface area contributed by atoms with Gasteiger partial charge in [-0.2, -0.15) is 13.2 Å². The van der Waals surface area contributed by atoms with Gasteiger partial charge in [0.15, 0.2) is 5.65 Å². The number of hydrogen-bond acceptors (Lipinski definition) is 2. The van der Waals surface area contributed by atoms with E-state index >= 15 is 0 Å². The fraction of sp³-hybridized carbons (Fsp3) is 0.250. The Labute approximate surface area is 87.5 Å². The molecule has 0 aromatic carbocycles. The smallest absolute Gasteiger partial charge is 0.285 e. The Morgan fingerprint density at radius 3 is 2.60 bits per heavy atom. The number of halogens is 4. The van der Waals surface area contributed by atoms with Gasteiger partial charge in [-0.1, -0.05) is 11.6 Å². The van der Waals surface area contributed by atoms with Crippen LogP contribution in [0.2, 0.25) is 5.02 Å². The molecule has 7 heteroatoms. The largest absolute Gasteiger partial charge is 0.420 e. The lowest BCUT2D eigenvalue weighted by Crippen LogP contribution is -2.08. The van der Waals surface area contributed by atoms with Gasteiger partial charge in [0.2, 0.25) is 0 Å². The van der Waals surface area contributed by atoms with Crippen LogP contribution in [0.15, 0.2) is 12.3 Å². The second-order valence-corrected chi connectivity index (χ2v) is 3.45. The van der Waals surface area contributed by atoms with Crippen LogP contribution in [0.3, 0.4) is 0 Å². The molecule has 2 aromatic heterocycles. The second kappa shape index (κ2) is 3.10. The summed E-state index contributed by atoms with van der Waals surface area (Å²) in [4.78, 5) is 0. The summed E-state index contributed by atoms with van der Waals surface area (Å²) in [5.74, 6) is 0.359. The standard InChI is InChI=1S/C8H5ClF3N3/c1-4-13-14-7-6(8(10,11)12)2-5(9)3-15(4)7/h2-3H,1H3. The number of alkyl halides is 3. The fourth-order valence-corrected chi connectivity index (χ4v) is 1.49. The fourth-order valence-electron chi connectivity index (χ4n) is 1.28. The molecule has 0 radical (unpaired) electrons. The molecule has 0 saturated carbocycles. The highest BCUT2D eigenvalue weighted by Crippen LogP contribution is 2.33. The van der Waals surface area contributed by atoms with Crippen LogP contribution in [0.5, 0.6) is 0 Å². The van der Waals surface area contributed by atoms with Crippen molar-refractivity contribution in [3.8, 4) is 0 Å². The van der Waals surface area contributed by atoms with Crippen molar-refractivity contribution < 1.29 is 13.2 Å². The summed E-state index contributed by atoms with van der Waals surface area (Å²) in [5, 5.41) is 7.02. The van der Waals surface area contributed by atoms with Crippen LogP contribution in [0.4, 0.5) is 13.2 Å². The van der Waals surface area contributed by atoms with E-state index in [1.807, 2.05) is 0 Å². The van der Waals surface area contributed by atoms with Gasteiger partial charge in [0.05, 0.1) is 5.02 Å². The van der Waals surface area contributed by atoms with Crippen LogP contribution in [0.1, 0.15) is 11.4 Å². The molecule has 15 heavy (non-hydrogen) atoms. The van der Waals surface area contributed by atoms with Gasteiger partial charge in [0.25, 0.3) is 0 Å². The van der Waals surface area contributed by atoms with Gasteiger partial charge in [-0.25, -0.2) is 0 Å². The third-order valence-corrected chi connectivity index (χ3v) is 2.15. The minimum absolute atomic E-state index is 0.00211. The minimum Gasteiger partial charge on any atom is -0.285 e. The zero-order valence-electron chi connectivity index (χ0n) is 7.51. The zero-order valence-corrected chi connectivity index (χ0v) is 8.26. The molecule has 0 saturated heterocycles. The lowest BCUT2D eigenvalue weighted by atomic mass is 10.2. The summed E-state index contributed by atoms with van der Waals surface area (Å²) >= 11 is 5.58. The summed E-state index contributed by atoms with van der Waals surface area (Å²) in [6.45, 7) is 1.55. The minimum atomic E-state index is -4.48. The van der Waals surface area contributed by atoms with E-state index in [9.17, 15) is 13.2 Å². The van der Waals surface area contributed by atoms with Crippen LogP contribution in [0, 0.1) is 6.92 Å². The SMILES string of the molecule is Cc1nnc2c(C(F)(F)F)cc(Cl)cn12.